The van der Waals surface area contributed by atoms with Gasteiger partial charge in [0, 0.05) is 24.0 Å². The van der Waals surface area contributed by atoms with Crippen LogP contribution in [0.3, 0.4) is 0 Å². The van der Waals surface area contributed by atoms with Gasteiger partial charge in [0.15, 0.2) is 0 Å². The SMILES string of the molecule is CNCCNC(=O)c1cc(-c2ccc(F)cc2)nc2ccccc12. The molecule has 1 heterocycles. The largest absolute Gasteiger partial charge is 0.351 e. The second kappa shape index (κ2) is 7.19. The highest BCUT2D eigenvalue weighted by Crippen LogP contribution is 2.25. The molecule has 4 nitrogen and oxygen atoms in total. The first-order valence-electron chi connectivity index (χ1n) is 7.77. The van der Waals surface area contributed by atoms with E-state index in [1.807, 2.05) is 31.3 Å². The van der Waals surface area contributed by atoms with E-state index in [1.165, 1.54) is 12.1 Å². The van der Waals surface area contributed by atoms with Crippen molar-refractivity contribution < 1.29 is 9.18 Å². The zero-order chi connectivity index (χ0) is 16.9. The summed E-state index contributed by atoms with van der Waals surface area (Å²) in [5.41, 5.74) is 2.72. The normalized spacial score (nSPS) is 10.8. The monoisotopic (exact) mass is 323 g/mol. The minimum atomic E-state index is -0.301. The van der Waals surface area contributed by atoms with Crippen LogP contribution in [0.2, 0.25) is 0 Å². The Morgan fingerprint density at radius 1 is 1.08 bits per heavy atom. The van der Waals surface area contributed by atoms with Crippen molar-refractivity contribution in [2.24, 2.45) is 0 Å². The molecular weight excluding hydrogens is 305 g/mol. The maximum atomic E-state index is 13.1. The molecule has 3 rings (SSSR count). The van der Waals surface area contributed by atoms with Crippen LogP contribution in [0.15, 0.2) is 54.6 Å². The number of rotatable bonds is 5. The molecule has 2 N–H and O–H groups in total. The summed E-state index contributed by atoms with van der Waals surface area (Å²) in [7, 11) is 1.83. The molecule has 1 aromatic heterocycles. The van der Waals surface area contributed by atoms with Crippen molar-refractivity contribution in [3.05, 3.63) is 66.0 Å². The second-order valence-electron chi connectivity index (χ2n) is 5.44. The third kappa shape index (κ3) is 3.41. The minimum Gasteiger partial charge on any atom is -0.351 e. The van der Waals surface area contributed by atoms with Gasteiger partial charge in [-0.15, -0.1) is 0 Å². The summed E-state index contributed by atoms with van der Waals surface area (Å²) in [6.07, 6.45) is 0. The number of hydrogen-bond donors (Lipinski definition) is 2. The number of nitrogens with zero attached hydrogens (tertiary/aromatic N) is 1. The van der Waals surface area contributed by atoms with Crippen molar-refractivity contribution in [2.75, 3.05) is 20.1 Å². The van der Waals surface area contributed by atoms with E-state index in [1.54, 1.807) is 18.2 Å². The van der Waals surface area contributed by atoms with Crippen LogP contribution in [0.5, 0.6) is 0 Å². The third-order valence-corrected chi connectivity index (χ3v) is 3.76. The summed E-state index contributed by atoms with van der Waals surface area (Å²) < 4.78 is 13.1. The molecule has 24 heavy (non-hydrogen) atoms. The standard InChI is InChI=1S/C19H18FN3O/c1-21-10-11-22-19(24)16-12-18(13-6-8-14(20)9-7-13)23-17-5-3-2-4-15(16)17/h2-9,12,21H,10-11H2,1H3,(H,22,24). The number of para-hydroxylation sites is 1. The lowest BCUT2D eigenvalue weighted by Crippen LogP contribution is -2.30. The number of hydrogen-bond acceptors (Lipinski definition) is 3. The van der Waals surface area contributed by atoms with Crippen molar-refractivity contribution in [2.45, 2.75) is 0 Å². The summed E-state index contributed by atoms with van der Waals surface area (Å²) in [6.45, 7) is 1.23. The fraction of sp³-hybridized carbons (Fsp3) is 0.158. The number of likely N-dealkylation sites (N-methyl/N-ethyl adjacent to an activating group) is 1. The second-order valence-corrected chi connectivity index (χ2v) is 5.44. The third-order valence-electron chi connectivity index (χ3n) is 3.76. The Morgan fingerprint density at radius 2 is 1.83 bits per heavy atom. The van der Waals surface area contributed by atoms with E-state index >= 15 is 0 Å². The predicted octanol–water partition coefficient (Wildman–Crippen LogP) is 2.99. The number of aromatic nitrogens is 1. The average molecular weight is 323 g/mol. The van der Waals surface area contributed by atoms with Gasteiger partial charge in [-0.1, -0.05) is 18.2 Å². The lowest BCUT2D eigenvalue weighted by Gasteiger charge is -2.10. The number of carbonyl (C=O) groups excluding carboxylic acids is 1. The van der Waals surface area contributed by atoms with E-state index in [2.05, 4.69) is 15.6 Å². The topological polar surface area (TPSA) is 54.0 Å². The molecule has 0 atom stereocenters. The molecule has 0 aliphatic rings. The van der Waals surface area contributed by atoms with Crippen molar-refractivity contribution in [1.29, 1.82) is 0 Å². The first kappa shape index (κ1) is 16.1. The van der Waals surface area contributed by atoms with Gasteiger partial charge in [0.2, 0.25) is 0 Å². The molecule has 122 valence electrons. The summed E-state index contributed by atoms with van der Waals surface area (Å²) in [5.74, 6) is -0.447. The van der Waals surface area contributed by atoms with Crippen LogP contribution >= 0.6 is 0 Å². The van der Waals surface area contributed by atoms with Crippen molar-refractivity contribution in [3.8, 4) is 11.3 Å². The van der Waals surface area contributed by atoms with E-state index in [9.17, 15) is 9.18 Å². The highest BCUT2D eigenvalue weighted by molar-refractivity contribution is 6.07. The van der Waals surface area contributed by atoms with E-state index < -0.39 is 0 Å². The fourth-order valence-electron chi connectivity index (χ4n) is 2.53. The van der Waals surface area contributed by atoms with Gasteiger partial charge >= 0.3 is 0 Å². The summed E-state index contributed by atoms with van der Waals surface area (Å²) in [5, 5.41) is 6.68. The van der Waals surface area contributed by atoms with Gasteiger partial charge in [0.25, 0.3) is 5.91 Å². The maximum Gasteiger partial charge on any atom is 0.252 e. The van der Waals surface area contributed by atoms with Gasteiger partial charge < -0.3 is 10.6 Å². The van der Waals surface area contributed by atoms with Gasteiger partial charge in [0.1, 0.15) is 5.82 Å². The average Bonchev–Trinajstić information content (AvgIpc) is 2.61. The Hall–Kier alpha value is -2.79. The Bertz CT molecular complexity index is 862. The van der Waals surface area contributed by atoms with E-state index in [0.29, 0.717) is 24.3 Å². The molecule has 0 saturated carbocycles. The first-order chi connectivity index (χ1) is 11.7. The quantitative estimate of drug-likeness (QED) is 0.710. The van der Waals surface area contributed by atoms with Crippen LogP contribution in [-0.2, 0) is 0 Å². The number of nitrogens with one attached hydrogen (secondary N) is 2. The van der Waals surface area contributed by atoms with E-state index in [0.717, 1.165) is 16.5 Å². The van der Waals surface area contributed by atoms with Gasteiger partial charge in [-0.25, -0.2) is 9.37 Å². The van der Waals surface area contributed by atoms with E-state index in [4.69, 9.17) is 0 Å². The molecule has 3 aromatic rings. The van der Waals surface area contributed by atoms with Crippen molar-refractivity contribution in [3.63, 3.8) is 0 Å². The van der Waals surface area contributed by atoms with Crippen LogP contribution in [0.1, 0.15) is 10.4 Å². The molecule has 0 bridgehead atoms. The molecule has 0 fully saturated rings. The smallest absolute Gasteiger partial charge is 0.252 e. The molecule has 1 amide bonds. The number of pyridine rings is 1. The van der Waals surface area contributed by atoms with Crippen LogP contribution in [-0.4, -0.2) is 31.0 Å². The van der Waals surface area contributed by atoms with Gasteiger partial charge in [-0.05, 0) is 43.4 Å². The van der Waals surface area contributed by atoms with Gasteiger partial charge in [0.05, 0.1) is 16.8 Å². The summed E-state index contributed by atoms with van der Waals surface area (Å²) in [4.78, 5) is 17.1. The lowest BCUT2D eigenvalue weighted by molar-refractivity contribution is 0.0956. The maximum absolute atomic E-state index is 13.1. The van der Waals surface area contributed by atoms with Crippen LogP contribution in [0.25, 0.3) is 22.2 Å². The number of amides is 1. The van der Waals surface area contributed by atoms with Crippen molar-refractivity contribution in [1.82, 2.24) is 15.6 Å². The van der Waals surface area contributed by atoms with Crippen LogP contribution in [0.4, 0.5) is 4.39 Å². The van der Waals surface area contributed by atoms with Gasteiger partial charge in [-0.3, -0.25) is 4.79 Å². The molecule has 0 saturated heterocycles. The zero-order valence-corrected chi connectivity index (χ0v) is 13.3. The van der Waals surface area contributed by atoms with Crippen LogP contribution in [0, 0.1) is 5.82 Å². The Kier molecular flexibility index (Phi) is 4.82. The molecule has 0 aliphatic heterocycles. The predicted molar refractivity (Wildman–Crippen MR) is 93.4 cm³/mol. The molecule has 0 radical (unpaired) electrons. The summed E-state index contributed by atoms with van der Waals surface area (Å²) >= 11 is 0. The number of fused-ring (bicyclic) bond motifs is 1. The van der Waals surface area contributed by atoms with Gasteiger partial charge in [-0.2, -0.15) is 0 Å². The number of halogens is 1. The first-order valence-corrected chi connectivity index (χ1v) is 7.77. The molecular formula is C19H18FN3O. The molecule has 0 spiro atoms. The van der Waals surface area contributed by atoms with Crippen LogP contribution < -0.4 is 10.6 Å². The molecule has 2 aromatic carbocycles. The minimum absolute atomic E-state index is 0.146. The Balaban J connectivity index is 2.05. The van der Waals surface area contributed by atoms with Crippen molar-refractivity contribution >= 4 is 16.8 Å². The Labute approximate surface area is 139 Å². The van der Waals surface area contributed by atoms with E-state index in [-0.39, 0.29) is 11.7 Å². The highest BCUT2D eigenvalue weighted by atomic mass is 19.1. The highest BCUT2D eigenvalue weighted by Gasteiger charge is 2.13. The molecule has 0 unspecified atom stereocenters. The zero-order valence-electron chi connectivity index (χ0n) is 13.3. The fourth-order valence-corrected chi connectivity index (χ4v) is 2.53. The number of benzene rings is 2. The summed E-state index contributed by atoms with van der Waals surface area (Å²) in [6, 6.07) is 15.4. The Morgan fingerprint density at radius 3 is 2.58 bits per heavy atom. The molecule has 5 heteroatoms. The molecule has 0 aliphatic carbocycles. The number of carbonyl (C=O) groups is 1. The lowest BCUT2D eigenvalue weighted by atomic mass is 10.0.